The van der Waals surface area contributed by atoms with Gasteiger partial charge >= 0.3 is 17.8 Å². The summed E-state index contributed by atoms with van der Waals surface area (Å²) in [6.45, 7) is 7.90. The van der Waals surface area contributed by atoms with Gasteiger partial charge in [0.1, 0.15) is 6.42 Å². The van der Waals surface area contributed by atoms with Crippen molar-refractivity contribution in [3.63, 3.8) is 0 Å². The molecule has 2 atom stereocenters. The summed E-state index contributed by atoms with van der Waals surface area (Å²) in [5.41, 5.74) is -0.437. The number of fused-ring (bicyclic) bond motifs is 1. The summed E-state index contributed by atoms with van der Waals surface area (Å²) in [7, 11) is 0. The zero-order valence-electron chi connectivity index (χ0n) is 18.1. The molecule has 0 aromatic heterocycles. The van der Waals surface area contributed by atoms with Crippen molar-refractivity contribution >= 4 is 24.1 Å². The van der Waals surface area contributed by atoms with Crippen LogP contribution in [0.4, 0.5) is 0 Å². The van der Waals surface area contributed by atoms with Gasteiger partial charge in [-0.1, -0.05) is 52.0 Å². The molecule has 0 aliphatic heterocycles. The maximum atomic E-state index is 12.5. The number of hydrogen-bond acceptors (Lipinski definition) is 4. The predicted molar refractivity (Wildman–Crippen MR) is 115 cm³/mol. The van der Waals surface area contributed by atoms with Crippen molar-refractivity contribution in [3.05, 3.63) is 35.4 Å². The first-order valence-electron chi connectivity index (χ1n) is 10.1. The lowest BCUT2D eigenvalue weighted by Crippen LogP contribution is -2.45. The third-order valence-electron chi connectivity index (χ3n) is 4.41. The maximum Gasteiger partial charge on any atom is 0.391 e. The molecule has 1 amide bonds. The van der Waals surface area contributed by atoms with E-state index in [1.807, 2.05) is 52.0 Å². The molecular weight excluding hydrogens is 386 g/mol. The van der Waals surface area contributed by atoms with Crippen LogP contribution in [0, 0.1) is 12.3 Å². The summed E-state index contributed by atoms with van der Waals surface area (Å²) in [4.78, 5) is 34.6. The van der Waals surface area contributed by atoms with Gasteiger partial charge in [0.25, 0.3) is 0 Å². The number of aliphatic hydroxyl groups is 1. The van der Waals surface area contributed by atoms with E-state index in [1.165, 1.54) is 10.1 Å². The van der Waals surface area contributed by atoms with E-state index in [1.54, 1.807) is 6.21 Å². The lowest BCUT2D eigenvalue weighted by atomic mass is 9.95. The Hall–Kier alpha value is -2.98. The molecule has 30 heavy (non-hydrogen) atoms. The van der Waals surface area contributed by atoms with E-state index < -0.39 is 36.3 Å². The molecule has 1 aromatic rings. The summed E-state index contributed by atoms with van der Waals surface area (Å²) < 4.78 is 1.18. The van der Waals surface area contributed by atoms with Gasteiger partial charge < -0.3 is 15.3 Å². The second-order valence-corrected chi connectivity index (χ2v) is 6.30. The molecule has 0 heterocycles. The molecule has 0 saturated carbocycles. The predicted octanol–water partition coefficient (Wildman–Crippen LogP) is 2.69. The fraction of sp³-hybridized carbons (Fsp3) is 0.478. The summed E-state index contributed by atoms with van der Waals surface area (Å²) >= 11 is 0. The summed E-state index contributed by atoms with van der Waals surface area (Å²) in [6.07, 6.45) is 6.62. The molecule has 1 aliphatic carbocycles. The van der Waals surface area contributed by atoms with Crippen molar-refractivity contribution in [1.29, 1.82) is 0 Å². The van der Waals surface area contributed by atoms with Crippen molar-refractivity contribution in [2.45, 2.75) is 64.9 Å². The van der Waals surface area contributed by atoms with E-state index >= 15 is 0 Å². The fourth-order valence-electron chi connectivity index (χ4n) is 3.10. The van der Waals surface area contributed by atoms with Gasteiger partial charge in [-0.05, 0) is 29.9 Å². The number of aryl methyl sites for hydroxylation is 1. The van der Waals surface area contributed by atoms with Gasteiger partial charge in [0.05, 0.1) is 12.3 Å². The monoisotopic (exact) mass is 418 g/mol. The molecule has 164 valence electrons. The minimum absolute atomic E-state index is 0.0547. The van der Waals surface area contributed by atoms with Gasteiger partial charge in [-0.2, -0.15) is 4.58 Å². The Morgan fingerprint density at radius 2 is 1.77 bits per heavy atom. The number of carbonyl (C=O) groups is 3. The van der Waals surface area contributed by atoms with Crippen molar-refractivity contribution in [2.24, 2.45) is 0 Å². The smallest absolute Gasteiger partial charge is 0.391 e. The van der Waals surface area contributed by atoms with Crippen LogP contribution in [0.3, 0.4) is 0 Å². The average Bonchev–Trinajstić information content (AvgIpc) is 3.13. The van der Waals surface area contributed by atoms with E-state index in [0.717, 1.165) is 18.4 Å². The number of hydrogen-bond donors (Lipinski definition) is 3. The molecule has 0 spiro atoms. The van der Waals surface area contributed by atoms with E-state index in [9.17, 15) is 19.5 Å². The van der Waals surface area contributed by atoms with E-state index in [2.05, 4.69) is 5.92 Å². The van der Waals surface area contributed by atoms with Crippen LogP contribution in [0.5, 0.6) is 0 Å². The minimum Gasteiger partial charge on any atom is -0.481 e. The van der Waals surface area contributed by atoms with Crippen LogP contribution in [-0.2, 0) is 20.8 Å². The van der Waals surface area contributed by atoms with Crippen LogP contribution in [0.25, 0.3) is 0 Å². The van der Waals surface area contributed by atoms with Crippen LogP contribution in [0.2, 0.25) is 0 Å². The van der Waals surface area contributed by atoms with Crippen LogP contribution in [0.1, 0.15) is 64.0 Å². The topological polar surface area (TPSA) is 115 Å². The molecule has 0 radical (unpaired) electrons. The summed E-state index contributed by atoms with van der Waals surface area (Å²) in [5, 5.41) is 28.0. The van der Waals surface area contributed by atoms with Gasteiger partial charge in [-0.15, -0.1) is 6.42 Å². The Morgan fingerprint density at radius 3 is 2.30 bits per heavy atom. The highest BCUT2D eigenvalue weighted by Crippen LogP contribution is 2.31. The molecule has 0 fully saturated rings. The first-order chi connectivity index (χ1) is 14.3. The second-order valence-electron chi connectivity index (χ2n) is 6.30. The number of carboxylic acids is 2. The Morgan fingerprint density at radius 1 is 1.17 bits per heavy atom. The Bertz CT molecular complexity index is 808. The van der Waals surface area contributed by atoms with Gasteiger partial charge in [-0.25, -0.2) is 9.59 Å². The zero-order chi connectivity index (χ0) is 23.3. The number of carboxylic acid groups (broad SMARTS) is 2. The van der Waals surface area contributed by atoms with Crippen molar-refractivity contribution in [1.82, 2.24) is 0 Å². The second kappa shape index (κ2) is 13.3. The number of nitrogens with zero attached hydrogens (tertiary/aromatic N) is 1. The summed E-state index contributed by atoms with van der Waals surface area (Å²) in [6, 6.07) is 7.80. The molecular formula is C23H32NO6+. The first-order valence-corrected chi connectivity index (χ1v) is 10.1. The highest BCUT2D eigenvalue weighted by Gasteiger charge is 2.44. The Kier molecular flexibility index (Phi) is 12.0. The zero-order valence-corrected chi connectivity index (χ0v) is 18.1. The lowest BCUT2D eigenvalue weighted by Gasteiger charge is -2.18. The van der Waals surface area contributed by atoms with Gasteiger partial charge in [0.15, 0.2) is 11.8 Å². The molecule has 1 aromatic carbocycles. The lowest BCUT2D eigenvalue weighted by molar-refractivity contribution is -0.435. The molecule has 1 aliphatic rings. The molecule has 2 unspecified atom stereocenters. The number of amides is 1. The highest BCUT2D eigenvalue weighted by molar-refractivity contribution is 5.89. The molecule has 7 heteroatoms. The van der Waals surface area contributed by atoms with Crippen molar-refractivity contribution in [3.8, 4) is 12.3 Å². The van der Waals surface area contributed by atoms with E-state index in [-0.39, 0.29) is 12.5 Å². The first kappa shape index (κ1) is 27.0. The fourth-order valence-corrected chi connectivity index (χ4v) is 3.10. The molecule has 7 nitrogen and oxygen atoms in total. The third-order valence-corrected chi connectivity index (χ3v) is 4.41. The van der Waals surface area contributed by atoms with Crippen LogP contribution in [0.15, 0.2) is 24.3 Å². The number of benzene rings is 1. The standard InChI is InChI=1S/C19H19NO6.2C2H6/c1-2-9-20(12-14-8-7-13-5-3-4-6-15(13)14)16(21)10-19(26,18(24)25)11-17(22)23;2*1-2/h1,3-6,12,14,26H,7-11H2,(H-,22,23,24,25);2*1-2H3/p+1. The normalized spacial score (nSPS) is 16.4. The molecule has 0 bridgehead atoms. The summed E-state index contributed by atoms with van der Waals surface area (Å²) in [5.74, 6) is -1.74. The largest absolute Gasteiger partial charge is 0.481 e. The van der Waals surface area contributed by atoms with Gasteiger partial charge in [-0.3, -0.25) is 4.79 Å². The number of aliphatic carboxylic acids is 2. The van der Waals surface area contributed by atoms with Crippen LogP contribution >= 0.6 is 0 Å². The minimum atomic E-state index is -2.68. The molecule has 2 rings (SSSR count). The molecule has 0 saturated heterocycles. The van der Waals surface area contributed by atoms with Gasteiger partial charge in [0, 0.05) is 0 Å². The Labute approximate surface area is 178 Å². The van der Waals surface area contributed by atoms with Crippen molar-refractivity contribution < 1.29 is 34.3 Å². The van der Waals surface area contributed by atoms with E-state index in [0.29, 0.717) is 0 Å². The maximum absolute atomic E-state index is 12.5. The molecule has 3 N–H and O–H groups in total. The quantitative estimate of drug-likeness (QED) is 0.356. The highest BCUT2D eigenvalue weighted by atomic mass is 16.4. The third kappa shape index (κ3) is 7.45. The Balaban J connectivity index is 0.00000198. The van der Waals surface area contributed by atoms with Crippen molar-refractivity contribution in [2.75, 3.05) is 6.54 Å². The van der Waals surface area contributed by atoms with Gasteiger partial charge in [0.2, 0.25) is 6.54 Å². The van der Waals surface area contributed by atoms with Crippen LogP contribution in [-0.4, -0.2) is 56.1 Å². The SMILES string of the molecule is C#CC[N+](=CC1CCc2ccccc21)C(=O)CC(O)(CC(=O)O)C(=O)O.CC.CC. The number of carbonyl (C=O) groups excluding carboxylic acids is 1. The average molecular weight is 419 g/mol. The number of rotatable bonds is 7. The van der Waals surface area contributed by atoms with Crippen LogP contribution < -0.4 is 0 Å². The van der Waals surface area contributed by atoms with E-state index in [4.69, 9.17) is 16.6 Å². The number of terminal acetylenes is 1.